The highest BCUT2D eigenvalue weighted by Crippen LogP contribution is 2.58. The summed E-state index contributed by atoms with van der Waals surface area (Å²) in [7, 11) is 0. The summed E-state index contributed by atoms with van der Waals surface area (Å²) in [6.45, 7) is 3.68. The van der Waals surface area contributed by atoms with Crippen molar-refractivity contribution in [1.82, 2.24) is 5.32 Å². The molecule has 1 saturated heterocycles. The van der Waals surface area contributed by atoms with E-state index in [0.717, 1.165) is 18.7 Å². The van der Waals surface area contributed by atoms with Gasteiger partial charge in [-0.25, -0.2) is 0 Å². The van der Waals surface area contributed by atoms with Crippen LogP contribution in [-0.4, -0.2) is 36.8 Å². The van der Waals surface area contributed by atoms with E-state index in [9.17, 15) is 9.90 Å². The second-order valence-electron chi connectivity index (χ2n) is 8.50. The second kappa shape index (κ2) is 5.88. The van der Waals surface area contributed by atoms with Crippen LogP contribution in [0.15, 0.2) is 6.07 Å². The summed E-state index contributed by atoms with van der Waals surface area (Å²) < 4.78 is 5.82. The molecule has 0 radical (unpaired) electrons. The molecule has 26 heavy (non-hydrogen) atoms. The molecule has 2 heterocycles. The van der Waals surface area contributed by atoms with Crippen molar-refractivity contribution >= 4 is 11.6 Å². The number of phenols is 1. The first kappa shape index (κ1) is 16.4. The quantitative estimate of drug-likeness (QED) is 0.750. The van der Waals surface area contributed by atoms with E-state index in [4.69, 9.17) is 4.74 Å². The largest absolute Gasteiger partial charge is 0.504 e. The summed E-state index contributed by atoms with van der Waals surface area (Å²) in [5.74, 6) is 1.38. The maximum absolute atomic E-state index is 12.3. The van der Waals surface area contributed by atoms with E-state index in [1.165, 1.54) is 49.7 Å². The summed E-state index contributed by atoms with van der Waals surface area (Å²) in [5.41, 5.74) is 3.53. The highest BCUT2D eigenvalue weighted by Gasteiger charge is 2.52. The number of benzene rings is 1. The summed E-state index contributed by atoms with van der Waals surface area (Å²) in [4.78, 5) is 14.1. The fraction of sp³-hybridized carbons (Fsp3) is 0.667. The van der Waals surface area contributed by atoms with E-state index in [2.05, 4.69) is 5.32 Å². The third-order valence-corrected chi connectivity index (χ3v) is 7.30. The molecule has 2 fully saturated rings. The Kier molecular flexibility index (Phi) is 3.71. The predicted molar refractivity (Wildman–Crippen MR) is 100.0 cm³/mol. The minimum Gasteiger partial charge on any atom is -0.504 e. The average molecular weight is 356 g/mol. The molecule has 2 aliphatic carbocycles. The smallest absolute Gasteiger partial charge is 0.224 e. The van der Waals surface area contributed by atoms with E-state index in [1.807, 2.05) is 11.0 Å². The van der Waals surface area contributed by atoms with Gasteiger partial charge in [-0.15, -0.1) is 0 Å². The molecule has 1 aromatic carbocycles. The minimum atomic E-state index is 0.0292. The molecule has 1 saturated carbocycles. The van der Waals surface area contributed by atoms with E-state index < -0.39 is 0 Å². The lowest BCUT2D eigenvalue weighted by atomic mass is 9.54. The van der Waals surface area contributed by atoms with Crippen LogP contribution in [0.3, 0.4) is 0 Å². The minimum absolute atomic E-state index is 0.0292. The third kappa shape index (κ3) is 2.16. The number of carbonyl (C=O) groups is 1. The number of phenolic OH excluding ortho intramolecular Hbond substituents is 1. The summed E-state index contributed by atoms with van der Waals surface area (Å²) in [5, 5.41) is 14.6. The van der Waals surface area contributed by atoms with Crippen LogP contribution in [0, 0.1) is 5.92 Å². The first-order valence-corrected chi connectivity index (χ1v) is 10.2. The van der Waals surface area contributed by atoms with Crippen LogP contribution in [-0.2, 0) is 16.6 Å². The SMILES string of the molecule is CC(=O)N1CCOc2c(O)cc3c(c21)C[C@@H]1NCCC[C@]32CCCCC12. The van der Waals surface area contributed by atoms with Crippen LogP contribution in [0.1, 0.15) is 56.6 Å². The van der Waals surface area contributed by atoms with Gasteiger partial charge in [-0.1, -0.05) is 12.8 Å². The van der Waals surface area contributed by atoms with Crippen molar-refractivity contribution < 1.29 is 14.6 Å². The normalized spacial score (nSPS) is 32.6. The number of nitrogens with one attached hydrogen (secondary N) is 1. The molecule has 1 unspecified atom stereocenters. The molecule has 2 aliphatic heterocycles. The van der Waals surface area contributed by atoms with Gasteiger partial charge in [0, 0.05) is 18.4 Å². The highest BCUT2D eigenvalue weighted by molar-refractivity contribution is 5.96. The Morgan fingerprint density at radius 3 is 3.04 bits per heavy atom. The van der Waals surface area contributed by atoms with Crippen molar-refractivity contribution in [3.8, 4) is 11.5 Å². The number of carbonyl (C=O) groups excluding carboxylic acids is 1. The number of amides is 1. The van der Waals surface area contributed by atoms with Crippen LogP contribution in [0.2, 0.25) is 0 Å². The molecular formula is C21H28N2O3. The first-order valence-electron chi connectivity index (χ1n) is 10.2. The van der Waals surface area contributed by atoms with Gasteiger partial charge in [0.1, 0.15) is 6.61 Å². The van der Waals surface area contributed by atoms with Gasteiger partial charge < -0.3 is 20.1 Å². The van der Waals surface area contributed by atoms with E-state index in [-0.39, 0.29) is 17.1 Å². The molecule has 140 valence electrons. The Labute approximate surface area is 154 Å². The number of ether oxygens (including phenoxy) is 1. The van der Waals surface area contributed by atoms with Gasteiger partial charge in [0.15, 0.2) is 11.5 Å². The van der Waals surface area contributed by atoms with Crippen molar-refractivity contribution in [1.29, 1.82) is 0 Å². The number of rotatable bonds is 0. The lowest BCUT2D eigenvalue weighted by Gasteiger charge is -2.52. The van der Waals surface area contributed by atoms with Crippen LogP contribution < -0.4 is 15.0 Å². The van der Waals surface area contributed by atoms with Gasteiger partial charge in [-0.05, 0) is 61.8 Å². The first-order chi connectivity index (χ1) is 12.6. The molecule has 5 rings (SSSR count). The lowest BCUT2D eigenvalue weighted by molar-refractivity contribution is -0.116. The molecule has 1 amide bonds. The standard InChI is InChI=1S/C21H28N2O3/c1-13(24)23-9-10-26-20-18(25)12-16-14(19(20)23)11-17-15-5-2-3-6-21(15,16)7-4-8-22-17/h12,15,17,22,25H,2-11H2,1H3/t15?,17-,21-/m0/s1. The monoisotopic (exact) mass is 356 g/mol. The maximum atomic E-state index is 12.3. The van der Waals surface area contributed by atoms with Crippen LogP contribution >= 0.6 is 0 Å². The van der Waals surface area contributed by atoms with Gasteiger partial charge >= 0.3 is 0 Å². The zero-order chi connectivity index (χ0) is 17.9. The van der Waals surface area contributed by atoms with Gasteiger partial charge in [0.2, 0.25) is 5.91 Å². The molecule has 2 bridgehead atoms. The number of anilines is 1. The fourth-order valence-corrected chi connectivity index (χ4v) is 6.32. The summed E-state index contributed by atoms with van der Waals surface area (Å²) in [6, 6.07) is 2.45. The molecule has 0 spiro atoms. The van der Waals surface area contributed by atoms with Gasteiger partial charge in [-0.3, -0.25) is 4.79 Å². The van der Waals surface area contributed by atoms with Gasteiger partial charge in [0.25, 0.3) is 0 Å². The molecule has 0 aromatic heterocycles. The van der Waals surface area contributed by atoms with E-state index >= 15 is 0 Å². The molecule has 3 atom stereocenters. The predicted octanol–water partition coefficient (Wildman–Crippen LogP) is 2.87. The van der Waals surface area contributed by atoms with Crippen LogP contribution in [0.5, 0.6) is 11.5 Å². The Morgan fingerprint density at radius 2 is 2.19 bits per heavy atom. The Morgan fingerprint density at radius 1 is 1.35 bits per heavy atom. The maximum Gasteiger partial charge on any atom is 0.224 e. The zero-order valence-corrected chi connectivity index (χ0v) is 15.5. The van der Waals surface area contributed by atoms with E-state index in [0.29, 0.717) is 30.9 Å². The third-order valence-electron chi connectivity index (χ3n) is 7.30. The lowest BCUT2D eigenvalue weighted by Crippen LogP contribution is -2.52. The number of nitrogens with zero attached hydrogens (tertiary/aromatic N) is 1. The highest BCUT2D eigenvalue weighted by atomic mass is 16.5. The number of hydrogen-bond acceptors (Lipinski definition) is 4. The van der Waals surface area contributed by atoms with Crippen molar-refractivity contribution in [2.24, 2.45) is 5.92 Å². The number of hydrogen-bond donors (Lipinski definition) is 2. The average Bonchev–Trinajstić information content (AvgIpc) is 2.79. The Balaban J connectivity index is 1.77. The van der Waals surface area contributed by atoms with Gasteiger partial charge in [-0.2, -0.15) is 0 Å². The van der Waals surface area contributed by atoms with Crippen LogP contribution in [0.25, 0.3) is 0 Å². The van der Waals surface area contributed by atoms with Crippen molar-refractivity contribution in [3.63, 3.8) is 0 Å². The number of aromatic hydroxyl groups is 1. The summed E-state index contributed by atoms with van der Waals surface area (Å²) >= 11 is 0. The molecule has 4 aliphatic rings. The van der Waals surface area contributed by atoms with Crippen LogP contribution in [0.4, 0.5) is 5.69 Å². The molecular weight excluding hydrogens is 328 g/mol. The second-order valence-corrected chi connectivity index (χ2v) is 8.50. The Hall–Kier alpha value is -1.75. The zero-order valence-electron chi connectivity index (χ0n) is 15.5. The molecule has 5 nitrogen and oxygen atoms in total. The van der Waals surface area contributed by atoms with Crippen molar-refractivity contribution in [2.45, 2.75) is 63.3 Å². The fourth-order valence-electron chi connectivity index (χ4n) is 6.32. The number of fused-ring (bicyclic) bond motifs is 3. The topological polar surface area (TPSA) is 61.8 Å². The van der Waals surface area contributed by atoms with E-state index in [1.54, 1.807) is 6.92 Å². The molecule has 1 aromatic rings. The molecule has 2 N–H and O–H groups in total. The Bertz CT molecular complexity index is 762. The summed E-state index contributed by atoms with van der Waals surface area (Å²) in [6.07, 6.45) is 8.30. The van der Waals surface area contributed by atoms with Crippen molar-refractivity contribution in [2.75, 3.05) is 24.6 Å². The van der Waals surface area contributed by atoms with Gasteiger partial charge in [0.05, 0.1) is 12.2 Å². The molecule has 5 heteroatoms. The van der Waals surface area contributed by atoms with Crippen molar-refractivity contribution in [3.05, 3.63) is 17.2 Å².